The van der Waals surface area contributed by atoms with E-state index in [1.807, 2.05) is 6.07 Å². The first-order valence-corrected chi connectivity index (χ1v) is 5.84. The quantitative estimate of drug-likeness (QED) is 0.766. The highest BCUT2D eigenvalue weighted by molar-refractivity contribution is 8.00. The van der Waals surface area contributed by atoms with Crippen molar-refractivity contribution in [1.29, 1.82) is 0 Å². The topological polar surface area (TPSA) is 66.4 Å². The van der Waals surface area contributed by atoms with Crippen molar-refractivity contribution in [2.45, 2.75) is 12.3 Å². The van der Waals surface area contributed by atoms with Gasteiger partial charge in [-0.05, 0) is 19.1 Å². The molecule has 5 heteroatoms. The van der Waals surface area contributed by atoms with Crippen LogP contribution in [0.1, 0.15) is 17.3 Å². The third kappa shape index (κ3) is 4.35. The predicted molar refractivity (Wildman–Crippen MR) is 63.5 cm³/mol. The summed E-state index contributed by atoms with van der Waals surface area (Å²) >= 11 is 1.18. The number of hydrogen-bond acceptors (Lipinski definition) is 3. The summed E-state index contributed by atoms with van der Waals surface area (Å²) in [5.74, 6) is -1.09. The van der Waals surface area contributed by atoms with E-state index >= 15 is 0 Å². The summed E-state index contributed by atoms with van der Waals surface area (Å²) in [6.07, 6.45) is 0. The van der Waals surface area contributed by atoms with Gasteiger partial charge in [0.05, 0.1) is 11.1 Å². The minimum absolute atomic E-state index is 0.0176. The van der Waals surface area contributed by atoms with Crippen molar-refractivity contribution in [2.75, 3.05) is 5.75 Å². The van der Waals surface area contributed by atoms with Gasteiger partial charge in [0.15, 0.2) is 0 Å². The Hall–Kier alpha value is -1.49. The third-order valence-electron chi connectivity index (χ3n) is 1.83. The van der Waals surface area contributed by atoms with E-state index < -0.39 is 5.97 Å². The second kappa shape index (κ2) is 6.17. The Kier molecular flexibility index (Phi) is 4.85. The summed E-state index contributed by atoms with van der Waals surface area (Å²) in [5, 5.41) is 11.0. The molecule has 1 aromatic rings. The smallest absolute Gasteiger partial charge is 0.313 e. The number of carboxylic acid groups (broad SMARTS) is 1. The van der Waals surface area contributed by atoms with Crippen LogP contribution < -0.4 is 5.32 Å². The first-order chi connectivity index (χ1) is 7.59. The van der Waals surface area contributed by atoms with Gasteiger partial charge in [0.25, 0.3) is 5.91 Å². The summed E-state index contributed by atoms with van der Waals surface area (Å²) < 4.78 is 0. The van der Waals surface area contributed by atoms with Gasteiger partial charge >= 0.3 is 5.97 Å². The second-order valence-corrected chi connectivity index (χ2v) is 4.52. The fourth-order valence-electron chi connectivity index (χ4n) is 1.10. The number of benzene rings is 1. The van der Waals surface area contributed by atoms with Crippen LogP contribution in [-0.4, -0.2) is 28.1 Å². The third-order valence-corrected chi connectivity index (χ3v) is 2.86. The number of rotatable bonds is 5. The van der Waals surface area contributed by atoms with Gasteiger partial charge < -0.3 is 10.4 Å². The first kappa shape index (κ1) is 12.6. The Bertz CT molecular complexity index is 367. The molecule has 0 saturated carbocycles. The molecular weight excluding hydrogens is 226 g/mol. The largest absolute Gasteiger partial charge is 0.481 e. The molecule has 16 heavy (non-hydrogen) atoms. The Morgan fingerprint density at radius 1 is 1.38 bits per heavy atom. The van der Waals surface area contributed by atoms with Gasteiger partial charge in [-0.2, -0.15) is 0 Å². The summed E-state index contributed by atoms with van der Waals surface area (Å²) in [5.41, 5.74) is 0.574. The molecule has 1 aromatic carbocycles. The SMILES string of the molecule is CC(NC(=O)c1ccccc1)SCC(=O)O. The van der Waals surface area contributed by atoms with Gasteiger partial charge in [-0.15, -0.1) is 11.8 Å². The van der Waals surface area contributed by atoms with Gasteiger partial charge in [-0.1, -0.05) is 18.2 Å². The molecule has 4 nitrogen and oxygen atoms in total. The molecule has 0 spiro atoms. The predicted octanol–water partition coefficient (Wildman–Crippen LogP) is 1.58. The minimum atomic E-state index is -0.884. The van der Waals surface area contributed by atoms with Gasteiger partial charge in [0.1, 0.15) is 0 Å². The molecule has 0 aliphatic heterocycles. The zero-order chi connectivity index (χ0) is 12.0. The summed E-state index contributed by atoms with van der Waals surface area (Å²) in [6, 6.07) is 8.82. The van der Waals surface area contributed by atoms with E-state index in [0.29, 0.717) is 5.56 Å². The average molecular weight is 239 g/mol. The number of aliphatic carboxylic acids is 1. The molecule has 0 heterocycles. The van der Waals surface area contributed by atoms with E-state index in [4.69, 9.17) is 5.11 Å². The molecule has 0 fully saturated rings. The number of carboxylic acids is 1. The highest BCUT2D eigenvalue weighted by Gasteiger charge is 2.10. The zero-order valence-electron chi connectivity index (χ0n) is 8.84. The lowest BCUT2D eigenvalue weighted by Gasteiger charge is -2.12. The lowest BCUT2D eigenvalue weighted by Crippen LogP contribution is -2.30. The van der Waals surface area contributed by atoms with Crippen LogP contribution in [0, 0.1) is 0 Å². The van der Waals surface area contributed by atoms with Gasteiger partial charge in [0, 0.05) is 5.56 Å². The molecule has 1 unspecified atom stereocenters. The number of thioether (sulfide) groups is 1. The van der Waals surface area contributed by atoms with Crippen molar-refractivity contribution in [1.82, 2.24) is 5.32 Å². The fraction of sp³-hybridized carbons (Fsp3) is 0.273. The number of amides is 1. The highest BCUT2D eigenvalue weighted by Crippen LogP contribution is 2.08. The number of nitrogens with one attached hydrogen (secondary N) is 1. The van der Waals surface area contributed by atoms with Crippen LogP contribution in [0.2, 0.25) is 0 Å². The normalized spacial score (nSPS) is 11.8. The van der Waals surface area contributed by atoms with Crippen LogP contribution in [0.4, 0.5) is 0 Å². The zero-order valence-corrected chi connectivity index (χ0v) is 9.66. The van der Waals surface area contributed by atoms with Crippen LogP contribution in [-0.2, 0) is 4.79 Å². The van der Waals surface area contributed by atoms with Crippen LogP contribution in [0.15, 0.2) is 30.3 Å². The molecule has 0 bridgehead atoms. The summed E-state index contributed by atoms with van der Waals surface area (Å²) in [4.78, 5) is 22.0. The molecule has 1 atom stereocenters. The molecule has 0 aromatic heterocycles. The number of hydrogen-bond donors (Lipinski definition) is 2. The van der Waals surface area contributed by atoms with E-state index in [9.17, 15) is 9.59 Å². The van der Waals surface area contributed by atoms with E-state index in [1.165, 1.54) is 11.8 Å². The molecule has 86 valence electrons. The summed E-state index contributed by atoms with van der Waals surface area (Å²) in [7, 11) is 0. The molecular formula is C11H13NO3S. The van der Waals surface area contributed by atoms with Crippen molar-refractivity contribution in [3.63, 3.8) is 0 Å². The monoisotopic (exact) mass is 239 g/mol. The van der Waals surface area contributed by atoms with Crippen LogP contribution in [0.5, 0.6) is 0 Å². The number of carbonyl (C=O) groups is 2. The van der Waals surface area contributed by atoms with Crippen molar-refractivity contribution in [2.24, 2.45) is 0 Å². The average Bonchev–Trinajstić information content (AvgIpc) is 2.27. The Labute approximate surface area is 98.0 Å². The van der Waals surface area contributed by atoms with E-state index in [0.717, 1.165) is 0 Å². The molecule has 1 amide bonds. The Morgan fingerprint density at radius 3 is 2.56 bits per heavy atom. The van der Waals surface area contributed by atoms with E-state index in [2.05, 4.69) is 5.32 Å². The Balaban J connectivity index is 2.43. The molecule has 1 rings (SSSR count). The standard InChI is InChI=1S/C11H13NO3S/c1-8(16-7-10(13)14)12-11(15)9-5-3-2-4-6-9/h2-6,8H,7H2,1H3,(H,12,15)(H,13,14). The Morgan fingerprint density at radius 2 is 2.00 bits per heavy atom. The van der Waals surface area contributed by atoms with Crippen LogP contribution in [0.25, 0.3) is 0 Å². The van der Waals surface area contributed by atoms with Crippen molar-refractivity contribution in [3.8, 4) is 0 Å². The minimum Gasteiger partial charge on any atom is -0.481 e. The molecule has 0 aliphatic carbocycles. The fourth-order valence-corrected chi connectivity index (χ4v) is 1.68. The summed E-state index contributed by atoms with van der Waals surface area (Å²) in [6.45, 7) is 1.76. The lowest BCUT2D eigenvalue weighted by molar-refractivity contribution is -0.133. The molecule has 0 aliphatic rings. The van der Waals surface area contributed by atoms with Crippen LogP contribution in [0.3, 0.4) is 0 Å². The van der Waals surface area contributed by atoms with E-state index in [-0.39, 0.29) is 17.0 Å². The molecule has 2 N–H and O–H groups in total. The van der Waals surface area contributed by atoms with E-state index in [1.54, 1.807) is 31.2 Å². The maximum atomic E-state index is 11.6. The maximum Gasteiger partial charge on any atom is 0.313 e. The van der Waals surface area contributed by atoms with Gasteiger partial charge in [-0.3, -0.25) is 9.59 Å². The van der Waals surface area contributed by atoms with Crippen LogP contribution >= 0.6 is 11.8 Å². The van der Waals surface area contributed by atoms with Crippen molar-refractivity contribution in [3.05, 3.63) is 35.9 Å². The van der Waals surface area contributed by atoms with Crippen molar-refractivity contribution >= 4 is 23.6 Å². The van der Waals surface area contributed by atoms with Crippen molar-refractivity contribution < 1.29 is 14.7 Å². The number of carbonyl (C=O) groups excluding carboxylic acids is 1. The lowest BCUT2D eigenvalue weighted by atomic mass is 10.2. The maximum absolute atomic E-state index is 11.6. The molecule has 0 saturated heterocycles. The highest BCUT2D eigenvalue weighted by atomic mass is 32.2. The second-order valence-electron chi connectivity index (χ2n) is 3.19. The first-order valence-electron chi connectivity index (χ1n) is 4.79. The van der Waals surface area contributed by atoms with Gasteiger partial charge in [-0.25, -0.2) is 0 Å². The van der Waals surface area contributed by atoms with Gasteiger partial charge in [0.2, 0.25) is 0 Å². The molecule has 0 radical (unpaired) electrons.